The third kappa shape index (κ3) is 5.62. The molecular weight excluding hydrogens is 404 g/mol. The molecule has 0 fully saturated rings. The number of para-hydroxylation sites is 2. The molecule has 0 bridgehead atoms. The molecule has 0 aromatic heterocycles. The Morgan fingerprint density at radius 2 is 1.93 bits per heavy atom. The van der Waals surface area contributed by atoms with Gasteiger partial charge >= 0.3 is 0 Å². The Hall–Kier alpha value is -2.83. The van der Waals surface area contributed by atoms with Gasteiger partial charge < -0.3 is 14.8 Å². The summed E-state index contributed by atoms with van der Waals surface area (Å²) in [7, 11) is 0. The van der Waals surface area contributed by atoms with Gasteiger partial charge in [-0.05, 0) is 50.1 Å². The fourth-order valence-corrected chi connectivity index (χ4v) is 3.16. The number of hydrogen-bond acceptors (Lipinski definition) is 4. The second-order valence-electron chi connectivity index (χ2n) is 7.11. The van der Waals surface area contributed by atoms with E-state index in [1.807, 2.05) is 32.0 Å². The highest BCUT2D eigenvalue weighted by atomic mass is 35.5. The molecule has 3 rings (SSSR count). The molecule has 1 N–H and O–H groups in total. The molecular formula is C23H25ClN2O4. The van der Waals surface area contributed by atoms with Crippen molar-refractivity contribution in [2.45, 2.75) is 26.4 Å². The second kappa shape index (κ2) is 10.3. The summed E-state index contributed by atoms with van der Waals surface area (Å²) in [6.07, 6.45) is 2.45. The smallest absolute Gasteiger partial charge is 0.294 e. The lowest BCUT2D eigenvalue weighted by molar-refractivity contribution is -0.123. The molecule has 1 aliphatic rings. The van der Waals surface area contributed by atoms with Crippen LogP contribution in [-0.4, -0.2) is 37.6 Å². The predicted octanol–water partition coefficient (Wildman–Crippen LogP) is 4.04. The van der Waals surface area contributed by atoms with Crippen molar-refractivity contribution in [3.63, 3.8) is 0 Å². The number of halogens is 1. The zero-order valence-corrected chi connectivity index (χ0v) is 17.8. The number of rotatable bonds is 8. The largest absolute Gasteiger partial charge is 0.449 e. The molecule has 30 heavy (non-hydrogen) atoms. The molecule has 1 heterocycles. The highest BCUT2D eigenvalue weighted by molar-refractivity contribution is 6.32. The van der Waals surface area contributed by atoms with E-state index in [2.05, 4.69) is 5.32 Å². The molecule has 158 valence electrons. The SMILES string of the molecule is CC(C)OCCCNC(=O)CN1C(=O)/C(=C\c2ccccc2Cl)Oc2ccccc21. The minimum atomic E-state index is -0.396. The number of fused-ring (bicyclic) bond motifs is 1. The van der Waals surface area contributed by atoms with Crippen molar-refractivity contribution in [2.75, 3.05) is 24.6 Å². The van der Waals surface area contributed by atoms with Crippen LogP contribution in [0.4, 0.5) is 5.69 Å². The Morgan fingerprint density at radius 3 is 2.70 bits per heavy atom. The maximum Gasteiger partial charge on any atom is 0.294 e. The van der Waals surface area contributed by atoms with Crippen LogP contribution in [0.3, 0.4) is 0 Å². The molecule has 0 radical (unpaired) electrons. The van der Waals surface area contributed by atoms with Gasteiger partial charge in [0.05, 0.1) is 11.8 Å². The van der Waals surface area contributed by atoms with Gasteiger partial charge in [-0.3, -0.25) is 14.5 Å². The molecule has 0 saturated carbocycles. The molecule has 2 aromatic carbocycles. The van der Waals surface area contributed by atoms with Crippen molar-refractivity contribution in [3.05, 3.63) is 64.9 Å². The van der Waals surface area contributed by atoms with Gasteiger partial charge in [-0.25, -0.2) is 0 Å². The van der Waals surface area contributed by atoms with Crippen LogP contribution in [0, 0.1) is 0 Å². The Morgan fingerprint density at radius 1 is 1.20 bits per heavy atom. The molecule has 0 atom stereocenters. The normalized spacial score (nSPS) is 14.6. The first-order valence-corrected chi connectivity index (χ1v) is 10.3. The fourth-order valence-electron chi connectivity index (χ4n) is 2.97. The van der Waals surface area contributed by atoms with Crippen molar-refractivity contribution in [1.82, 2.24) is 5.32 Å². The van der Waals surface area contributed by atoms with Crippen LogP contribution in [0.5, 0.6) is 5.75 Å². The Bertz CT molecular complexity index is 942. The predicted molar refractivity (Wildman–Crippen MR) is 118 cm³/mol. The first kappa shape index (κ1) is 21.9. The van der Waals surface area contributed by atoms with E-state index in [4.69, 9.17) is 21.1 Å². The van der Waals surface area contributed by atoms with Crippen molar-refractivity contribution in [2.24, 2.45) is 0 Å². The van der Waals surface area contributed by atoms with Crippen LogP contribution < -0.4 is 15.0 Å². The van der Waals surface area contributed by atoms with E-state index in [1.54, 1.807) is 36.4 Å². The summed E-state index contributed by atoms with van der Waals surface area (Å²) in [6.45, 7) is 4.88. The quantitative estimate of drug-likeness (QED) is 0.509. The first-order valence-electron chi connectivity index (χ1n) is 9.89. The molecule has 0 saturated heterocycles. The Balaban J connectivity index is 1.73. The Labute approximate surface area is 181 Å². The highest BCUT2D eigenvalue weighted by Gasteiger charge is 2.31. The summed E-state index contributed by atoms with van der Waals surface area (Å²) in [5.41, 5.74) is 1.22. The van der Waals surface area contributed by atoms with E-state index in [9.17, 15) is 9.59 Å². The van der Waals surface area contributed by atoms with E-state index >= 15 is 0 Å². The van der Waals surface area contributed by atoms with Gasteiger partial charge in [-0.15, -0.1) is 0 Å². The Kier molecular flexibility index (Phi) is 7.49. The molecule has 0 aliphatic carbocycles. The summed E-state index contributed by atoms with van der Waals surface area (Å²) in [5.74, 6) is -0.0259. The van der Waals surface area contributed by atoms with Crippen LogP contribution in [0.1, 0.15) is 25.8 Å². The monoisotopic (exact) mass is 428 g/mol. The maximum atomic E-state index is 13.1. The summed E-state index contributed by atoms with van der Waals surface area (Å²) in [4.78, 5) is 27.0. The van der Waals surface area contributed by atoms with Crippen LogP contribution in [-0.2, 0) is 14.3 Å². The lowest BCUT2D eigenvalue weighted by Gasteiger charge is -2.30. The summed E-state index contributed by atoms with van der Waals surface area (Å²) >= 11 is 6.22. The molecule has 6 nitrogen and oxygen atoms in total. The van der Waals surface area contributed by atoms with Crippen molar-refractivity contribution in [3.8, 4) is 5.75 Å². The number of benzene rings is 2. The molecule has 2 amide bonds. The number of carbonyl (C=O) groups is 2. The number of nitrogens with one attached hydrogen (secondary N) is 1. The average Bonchev–Trinajstić information content (AvgIpc) is 2.72. The zero-order chi connectivity index (χ0) is 21.5. The maximum absolute atomic E-state index is 13.1. The van der Waals surface area contributed by atoms with Crippen molar-refractivity contribution < 1.29 is 19.1 Å². The van der Waals surface area contributed by atoms with Crippen LogP contribution >= 0.6 is 11.6 Å². The molecule has 7 heteroatoms. The standard InChI is InChI=1S/C23H25ClN2O4/c1-16(2)29-13-7-12-25-22(27)15-26-19-10-5-6-11-20(19)30-21(23(26)28)14-17-8-3-4-9-18(17)24/h3-6,8-11,14,16H,7,12-13,15H2,1-2H3,(H,25,27)/b21-14+. The minimum absolute atomic E-state index is 0.107. The molecule has 0 spiro atoms. The fraction of sp³-hybridized carbons (Fsp3) is 0.304. The lowest BCUT2D eigenvalue weighted by atomic mass is 10.1. The van der Waals surface area contributed by atoms with Gasteiger partial charge in [-0.1, -0.05) is 41.9 Å². The number of nitrogens with zero attached hydrogens (tertiary/aromatic N) is 1. The number of amides is 2. The van der Waals surface area contributed by atoms with Gasteiger partial charge in [0, 0.05) is 18.2 Å². The van der Waals surface area contributed by atoms with Gasteiger partial charge in [0.1, 0.15) is 6.54 Å². The van der Waals surface area contributed by atoms with Crippen LogP contribution in [0.2, 0.25) is 5.02 Å². The van der Waals surface area contributed by atoms with Crippen LogP contribution in [0.25, 0.3) is 6.08 Å². The van der Waals surface area contributed by atoms with Crippen molar-refractivity contribution in [1.29, 1.82) is 0 Å². The lowest BCUT2D eigenvalue weighted by Crippen LogP contribution is -2.44. The van der Waals surface area contributed by atoms with Gasteiger partial charge in [0.25, 0.3) is 5.91 Å². The number of hydrogen-bond donors (Lipinski definition) is 1. The zero-order valence-electron chi connectivity index (χ0n) is 17.1. The van der Waals surface area contributed by atoms with E-state index in [-0.39, 0.29) is 24.3 Å². The van der Waals surface area contributed by atoms with Crippen molar-refractivity contribution >= 4 is 35.2 Å². The third-order valence-electron chi connectivity index (χ3n) is 4.42. The van der Waals surface area contributed by atoms with Gasteiger partial charge in [0.15, 0.2) is 11.5 Å². The van der Waals surface area contributed by atoms with E-state index in [0.29, 0.717) is 41.6 Å². The van der Waals surface area contributed by atoms with Crippen LogP contribution in [0.15, 0.2) is 54.3 Å². The van der Waals surface area contributed by atoms with Gasteiger partial charge in [0.2, 0.25) is 5.91 Å². The summed E-state index contributed by atoms with van der Waals surface area (Å²) in [5, 5.41) is 3.34. The van der Waals surface area contributed by atoms with E-state index < -0.39 is 5.91 Å². The molecule has 1 aliphatic heterocycles. The molecule has 2 aromatic rings. The first-order chi connectivity index (χ1) is 14.5. The topological polar surface area (TPSA) is 67.9 Å². The van der Waals surface area contributed by atoms with E-state index in [1.165, 1.54) is 4.90 Å². The number of carbonyl (C=O) groups excluding carboxylic acids is 2. The average molecular weight is 429 g/mol. The summed E-state index contributed by atoms with van der Waals surface area (Å²) in [6, 6.07) is 14.3. The van der Waals surface area contributed by atoms with Gasteiger partial charge in [-0.2, -0.15) is 0 Å². The molecule has 0 unspecified atom stereocenters. The minimum Gasteiger partial charge on any atom is -0.449 e. The van der Waals surface area contributed by atoms with E-state index in [0.717, 1.165) is 0 Å². The summed E-state index contributed by atoms with van der Waals surface area (Å²) < 4.78 is 11.3. The number of anilines is 1. The number of ether oxygens (including phenoxy) is 2. The third-order valence-corrected chi connectivity index (χ3v) is 4.76. The highest BCUT2D eigenvalue weighted by Crippen LogP contribution is 2.35. The second-order valence-corrected chi connectivity index (χ2v) is 7.52.